The lowest BCUT2D eigenvalue weighted by Crippen LogP contribution is -2.19. The molecule has 3 N–H and O–H groups in total. The third kappa shape index (κ3) is 9.50. The molecule has 0 bridgehead atoms. The number of carboxylic acids is 1. The lowest BCUT2D eigenvalue weighted by molar-refractivity contribution is -0.136. The number of rotatable bonds is 12. The molecule has 5 nitrogen and oxygen atoms in total. The molecule has 1 aliphatic carbocycles. The minimum absolute atomic E-state index is 0.0305. The number of ketones is 1. The molecule has 0 aliphatic heterocycles. The first-order valence-corrected chi connectivity index (χ1v) is 9.69. The van der Waals surface area contributed by atoms with Crippen molar-refractivity contribution >= 4 is 11.8 Å². The number of carbonyl (C=O) groups is 2. The smallest absolute Gasteiger partial charge is 0.303 e. The average molecular weight is 376 g/mol. The molecule has 1 saturated carbocycles. The maximum absolute atomic E-state index is 12.1. The summed E-state index contributed by atoms with van der Waals surface area (Å²) in [4.78, 5) is 22.5. The Labute approximate surface area is 161 Å². The highest BCUT2D eigenvalue weighted by Gasteiger charge is 2.39. The van der Waals surface area contributed by atoms with Gasteiger partial charge >= 0.3 is 5.97 Å². The van der Waals surface area contributed by atoms with E-state index in [9.17, 15) is 19.8 Å². The quantitative estimate of drug-likeness (QED) is 0.453. The normalized spacial score (nSPS) is 24.9. The highest BCUT2D eigenvalue weighted by molar-refractivity contribution is 5.86. The molecule has 1 rings (SSSR count). The predicted octanol–water partition coefficient (Wildman–Crippen LogP) is 3.58. The van der Waals surface area contributed by atoms with Gasteiger partial charge in [-0.05, 0) is 32.1 Å². The Balaban J connectivity index is 2.40. The van der Waals surface area contributed by atoms with Crippen LogP contribution in [0, 0.1) is 11.8 Å². The Kier molecular flexibility index (Phi) is 11.3. The molecule has 4 atom stereocenters. The largest absolute Gasteiger partial charge is 0.481 e. The number of carbonyl (C=O) groups excluding carboxylic acids is 1. The molecule has 0 heterocycles. The van der Waals surface area contributed by atoms with Gasteiger partial charge in [-0.2, -0.15) is 0 Å². The predicted molar refractivity (Wildman–Crippen MR) is 106 cm³/mol. The van der Waals surface area contributed by atoms with Crippen molar-refractivity contribution in [3.63, 3.8) is 0 Å². The summed E-state index contributed by atoms with van der Waals surface area (Å²) in [6.45, 7) is 2.04. The number of aliphatic hydroxyl groups is 2. The van der Waals surface area contributed by atoms with Gasteiger partial charge in [0.15, 0.2) is 0 Å². The Morgan fingerprint density at radius 2 is 1.93 bits per heavy atom. The van der Waals surface area contributed by atoms with Crippen LogP contribution in [0.4, 0.5) is 0 Å². The molecular formula is C22H32O5. The molecule has 0 spiro atoms. The van der Waals surface area contributed by atoms with Crippen LogP contribution in [0.25, 0.3) is 0 Å². The molecule has 150 valence electrons. The van der Waals surface area contributed by atoms with E-state index in [1.54, 1.807) is 12.2 Å². The first-order valence-electron chi connectivity index (χ1n) is 9.69. The number of allylic oxidation sites excluding steroid dienone is 6. The van der Waals surface area contributed by atoms with Crippen molar-refractivity contribution in [2.45, 2.75) is 64.1 Å². The van der Waals surface area contributed by atoms with E-state index in [0.717, 1.165) is 6.42 Å². The number of hydrogen-bond donors (Lipinski definition) is 3. The van der Waals surface area contributed by atoms with Gasteiger partial charge in [-0.3, -0.25) is 9.59 Å². The molecule has 0 unspecified atom stereocenters. The number of aliphatic carboxylic acids is 1. The summed E-state index contributed by atoms with van der Waals surface area (Å²) in [6.07, 6.45) is 17.2. The molecule has 0 aromatic rings. The van der Waals surface area contributed by atoms with E-state index >= 15 is 0 Å². The molecule has 27 heavy (non-hydrogen) atoms. The Hall–Kier alpha value is -1.98. The molecule has 1 aliphatic rings. The van der Waals surface area contributed by atoms with Crippen molar-refractivity contribution in [2.24, 2.45) is 11.8 Å². The van der Waals surface area contributed by atoms with Gasteiger partial charge < -0.3 is 15.3 Å². The van der Waals surface area contributed by atoms with Gasteiger partial charge in [0.1, 0.15) is 5.78 Å². The van der Waals surface area contributed by atoms with E-state index in [0.29, 0.717) is 25.7 Å². The maximum atomic E-state index is 12.1. The van der Waals surface area contributed by atoms with Crippen molar-refractivity contribution in [3.05, 3.63) is 48.6 Å². The summed E-state index contributed by atoms with van der Waals surface area (Å²) in [5, 5.41) is 28.7. The van der Waals surface area contributed by atoms with E-state index in [-0.39, 0.29) is 30.5 Å². The second-order valence-electron chi connectivity index (χ2n) is 6.84. The van der Waals surface area contributed by atoms with Gasteiger partial charge in [-0.25, -0.2) is 0 Å². The zero-order valence-electron chi connectivity index (χ0n) is 16.0. The molecule has 0 aromatic heterocycles. The van der Waals surface area contributed by atoms with Crippen molar-refractivity contribution < 1.29 is 24.9 Å². The van der Waals surface area contributed by atoms with Crippen molar-refractivity contribution in [1.82, 2.24) is 0 Å². The molecule has 0 amide bonds. The first kappa shape index (κ1) is 23.1. The van der Waals surface area contributed by atoms with Crippen LogP contribution in [0.3, 0.4) is 0 Å². The molecule has 0 radical (unpaired) electrons. The second kappa shape index (κ2) is 13.2. The Morgan fingerprint density at radius 3 is 2.63 bits per heavy atom. The van der Waals surface area contributed by atoms with Crippen molar-refractivity contribution in [3.8, 4) is 0 Å². The van der Waals surface area contributed by atoms with Crippen molar-refractivity contribution in [1.29, 1.82) is 0 Å². The van der Waals surface area contributed by atoms with Gasteiger partial charge in [0.05, 0.1) is 12.2 Å². The SMILES string of the molecule is CC/C=C\C[C@H]1[C@H](/C=C/[C@@H](O)C/C=C\C/C=C\CCC(=O)O)C(=O)C[C@@H]1O. The fourth-order valence-electron chi connectivity index (χ4n) is 3.10. The van der Waals surface area contributed by atoms with Crippen LogP contribution >= 0.6 is 0 Å². The number of Topliss-reactive ketones (excluding diaryl/α,β-unsaturated/α-hetero) is 1. The highest BCUT2D eigenvalue weighted by atomic mass is 16.4. The van der Waals surface area contributed by atoms with Crippen LogP contribution < -0.4 is 0 Å². The van der Waals surface area contributed by atoms with Crippen LogP contribution in [0.1, 0.15) is 51.9 Å². The summed E-state index contributed by atoms with van der Waals surface area (Å²) in [5.74, 6) is -1.22. The van der Waals surface area contributed by atoms with E-state index in [1.807, 2.05) is 43.4 Å². The lowest BCUT2D eigenvalue weighted by atomic mass is 9.90. The third-order valence-electron chi connectivity index (χ3n) is 4.60. The standard InChI is InChI=1S/C22H32O5/c1-2-3-8-12-18-19(21(25)16-20(18)24)15-14-17(23)11-9-6-4-5-7-10-13-22(26)27/h3,5-9,14-15,17-20,23-24H,2,4,10-13,16H2,1H3,(H,26,27)/b7-5-,8-3-,9-6-,15-14+/t17-,18-,19-,20-/m0/s1. The van der Waals surface area contributed by atoms with Gasteiger partial charge in [-0.1, -0.05) is 55.5 Å². The lowest BCUT2D eigenvalue weighted by Gasteiger charge is -2.16. The highest BCUT2D eigenvalue weighted by Crippen LogP contribution is 2.33. The van der Waals surface area contributed by atoms with Gasteiger partial charge in [0.25, 0.3) is 0 Å². The van der Waals surface area contributed by atoms with E-state index in [2.05, 4.69) is 0 Å². The zero-order valence-corrected chi connectivity index (χ0v) is 16.0. The van der Waals surface area contributed by atoms with Gasteiger partial charge in [-0.15, -0.1) is 0 Å². The third-order valence-corrected chi connectivity index (χ3v) is 4.60. The molecule has 0 aromatic carbocycles. The minimum atomic E-state index is -0.804. The number of carboxylic acid groups (broad SMARTS) is 1. The molecule has 1 fully saturated rings. The molecular weight excluding hydrogens is 344 g/mol. The summed E-state index contributed by atoms with van der Waals surface area (Å²) in [5.41, 5.74) is 0. The van der Waals surface area contributed by atoms with Crippen LogP contribution in [0.5, 0.6) is 0 Å². The monoisotopic (exact) mass is 376 g/mol. The fourth-order valence-corrected chi connectivity index (χ4v) is 3.10. The zero-order chi connectivity index (χ0) is 20.1. The second-order valence-corrected chi connectivity index (χ2v) is 6.84. The minimum Gasteiger partial charge on any atom is -0.481 e. The number of hydrogen-bond acceptors (Lipinski definition) is 4. The summed E-state index contributed by atoms with van der Waals surface area (Å²) >= 11 is 0. The molecule has 0 saturated heterocycles. The van der Waals surface area contributed by atoms with Crippen LogP contribution in [-0.4, -0.2) is 39.3 Å². The maximum Gasteiger partial charge on any atom is 0.303 e. The average Bonchev–Trinajstić information content (AvgIpc) is 2.88. The Bertz CT molecular complexity index is 573. The topological polar surface area (TPSA) is 94.8 Å². The van der Waals surface area contributed by atoms with Crippen LogP contribution in [0.2, 0.25) is 0 Å². The van der Waals surface area contributed by atoms with Crippen molar-refractivity contribution in [2.75, 3.05) is 0 Å². The van der Waals surface area contributed by atoms with E-state index in [1.165, 1.54) is 0 Å². The Morgan fingerprint density at radius 1 is 1.19 bits per heavy atom. The number of aliphatic hydroxyl groups excluding tert-OH is 2. The molecule has 5 heteroatoms. The van der Waals surface area contributed by atoms with Gasteiger partial charge in [0, 0.05) is 24.7 Å². The fraction of sp³-hybridized carbons (Fsp3) is 0.545. The summed E-state index contributed by atoms with van der Waals surface area (Å²) in [7, 11) is 0. The van der Waals surface area contributed by atoms with E-state index in [4.69, 9.17) is 5.11 Å². The van der Waals surface area contributed by atoms with Gasteiger partial charge in [0.2, 0.25) is 0 Å². The summed E-state index contributed by atoms with van der Waals surface area (Å²) < 4.78 is 0. The summed E-state index contributed by atoms with van der Waals surface area (Å²) in [6, 6.07) is 0. The van der Waals surface area contributed by atoms with E-state index < -0.39 is 18.2 Å². The van der Waals surface area contributed by atoms with Crippen LogP contribution in [0.15, 0.2) is 48.6 Å². The first-order chi connectivity index (χ1) is 13.0. The van der Waals surface area contributed by atoms with Crippen LogP contribution in [-0.2, 0) is 9.59 Å².